The second-order valence-corrected chi connectivity index (χ2v) is 6.73. The first-order chi connectivity index (χ1) is 11.2. The molecule has 0 saturated carbocycles. The fourth-order valence-corrected chi connectivity index (χ4v) is 2.24. The van der Waals surface area contributed by atoms with E-state index in [2.05, 4.69) is 10.3 Å². The Morgan fingerprint density at radius 1 is 1.42 bits per heavy atom. The van der Waals surface area contributed by atoms with Crippen molar-refractivity contribution in [2.24, 2.45) is 10.7 Å². The summed E-state index contributed by atoms with van der Waals surface area (Å²) in [5, 5.41) is 2.77. The highest BCUT2D eigenvalue weighted by molar-refractivity contribution is 6.28. The second-order valence-electron chi connectivity index (χ2n) is 6.46. The van der Waals surface area contributed by atoms with E-state index in [4.69, 9.17) is 22.1 Å². The van der Waals surface area contributed by atoms with Crippen LogP contribution in [-0.2, 0) is 16.1 Å². The molecule has 0 fully saturated rings. The molecule has 0 aromatic heterocycles. The summed E-state index contributed by atoms with van der Waals surface area (Å²) in [4.78, 5) is 29.8. The van der Waals surface area contributed by atoms with Gasteiger partial charge in [-0.1, -0.05) is 0 Å². The number of nitrogens with two attached hydrogens (primary N) is 1. The summed E-state index contributed by atoms with van der Waals surface area (Å²) < 4.78 is 5.35. The molecule has 2 rings (SSSR count). The molecule has 1 aromatic rings. The van der Waals surface area contributed by atoms with E-state index in [1.165, 1.54) is 4.90 Å². The zero-order valence-electron chi connectivity index (χ0n) is 13.9. The van der Waals surface area contributed by atoms with Gasteiger partial charge in [0.2, 0.25) is 5.91 Å². The van der Waals surface area contributed by atoms with E-state index in [1.807, 2.05) is 0 Å². The van der Waals surface area contributed by atoms with Crippen molar-refractivity contribution < 1.29 is 14.3 Å². The number of benzene rings is 1. The van der Waals surface area contributed by atoms with Crippen LogP contribution < -0.4 is 11.1 Å². The fourth-order valence-electron chi connectivity index (χ4n) is 2.18. The Labute approximate surface area is 145 Å². The number of rotatable bonds is 2. The van der Waals surface area contributed by atoms with Crippen molar-refractivity contribution in [1.29, 1.82) is 0 Å². The molecular weight excluding hydrogens is 332 g/mol. The highest BCUT2D eigenvalue weighted by Gasteiger charge is 2.27. The third-order valence-corrected chi connectivity index (χ3v) is 3.39. The van der Waals surface area contributed by atoms with Crippen molar-refractivity contribution in [2.45, 2.75) is 32.9 Å². The van der Waals surface area contributed by atoms with E-state index in [0.29, 0.717) is 17.2 Å². The van der Waals surface area contributed by atoms with Gasteiger partial charge in [-0.3, -0.25) is 9.69 Å². The lowest BCUT2D eigenvalue weighted by Crippen LogP contribution is -2.39. The largest absolute Gasteiger partial charge is 0.444 e. The normalized spacial score (nSPS) is 15.4. The highest BCUT2D eigenvalue weighted by atomic mass is 35.5. The highest BCUT2D eigenvalue weighted by Crippen LogP contribution is 2.26. The number of hydrogen-bond acceptors (Lipinski definition) is 4. The molecule has 0 spiro atoms. The molecule has 0 unspecified atom stereocenters. The molecule has 1 aromatic carbocycles. The van der Waals surface area contributed by atoms with Crippen LogP contribution in [0, 0.1) is 0 Å². The predicted octanol–water partition coefficient (Wildman–Crippen LogP) is 2.60. The van der Waals surface area contributed by atoms with E-state index >= 15 is 0 Å². The van der Waals surface area contributed by atoms with Crippen molar-refractivity contribution >= 4 is 40.8 Å². The molecule has 0 bridgehead atoms. The van der Waals surface area contributed by atoms with Crippen LogP contribution in [0.4, 0.5) is 16.2 Å². The van der Waals surface area contributed by atoms with Crippen molar-refractivity contribution in [2.75, 3.05) is 17.7 Å². The van der Waals surface area contributed by atoms with Crippen molar-refractivity contribution in [3.05, 3.63) is 23.8 Å². The van der Waals surface area contributed by atoms with Crippen molar-refractivity contribution in [3.63, 3.8) is 0 Å². The Balaban J connectivity index is 2.29. The molecule has 2 amide bonds. The maximum absolute atomic E-state index is 12.3. The number of hydrogen-bond donors (Lipinski definition) is 2. The first kappa shape index (κ1) is 18.1. The number of fused-ring (bicyclic) bond motifs is 1. The molecule has 0 aliphatic carbocycles. The Kier molecular flexibility index (Phi) is 5.33. The SMILES string of the molecule is CC(C)(C)OC(=O)N1CC(=O)Nc2ccc(N=C(N)CCl)cc2C1. The summed E-state index contributed by atoms with van der Waals surface area (Å²) in [5.41, 5.74) is 6.99. The van der Waals surface area contributed by atoms with Gasteiger partial charge in [0.15, 0.2) is 0 Å². The van der Waals surface area contributed by atoms with Gasteiger partial charge >= 0.3 is 6.09 Å². The van der Waals surface area contributed by atoms with Gasteiger partial charge in [0, 0.05) is 5.69 Å². The first-order valence-electron chi connectivity index (χ1n) is 7.47. The summed E-state index contributed by atoms with van der Waals surface area (Å²) in [6.45, 7) is 5.48. The lowest BCUT2D eigenvalue weighted by molar-refractivity contribution is -0.117. The third-order valence-electron chi connectivity index (χ3n) is 3.12. The third kappa shape index (κ3) is 4.86. The van der Waals surface area contributed by atoms with Gasteiger partial charge < -0.3 is 15.8 Å². The number of amides is 2. The lowest BCUT2D eigenvalue weighted by Gasteiger charge is -2.25. The Hall–Kier alpha value is -2.28. The molecule has 0 saturated heterocycles. The number of nitrogens with one attached hydrogen (secondary N) is 1. The zero-order chi connectivity index (χ0) is 17.9. The molecule has 7 nitrogen and oxygen atoms in total. The van der Waals surface area contributed by atoms with Gasteiger partial charge in [-0.15, -0.1) is 11.6 Å². The molecule has 1 heterocycles. The summed E-state index contributed by atoms with van der Waals surface area (Å²) in [6, 6.07) is 5.21. The topological polar surface area (TPSA) is 97.0 Å². The predicted molar refractivity (Wildman–Crippen MR) is 93.7 cm³/mol. The average molecular weight is 353 g/mol. The number of aliphatic imine (C=N–C) groups is 1. The number of halogens is 1. The monoisotopic (exact) mass is 352 g/mol. The van der Waals surface area contributed by atoms with Crippen LogP contribution in [0.2, 0.25) is 0 Å². The first-order valence-corrected chi connectivity index (χ1v) is 8.01. The Morgan fingerprint density at radius 3 is 2.75 bits per heavy atom. The summed E-state index contributed by atoms with van der Waals surface area (Å²) >= 11 is 5.63. The number of carbonyl (C=O) groups excluding carboxylic acids is 2. The molecule has 0 radical (unpaired) electrons. The summed E-state index contributed by atoms with van der Waals surface area (Å²) in [6.07, 6.45) is -0.542. The Morgan fingerprint density at radius 2 is 2.12 bits per heavy atom. The van der Waals surface area contributed by atoms with E-state index < -0.39 is 11.7 Å². The lowest BCUT2D eigenvalue weighted by atomic mass is 10.1. The number of anilines is 1. The van der Waals surface area contributed by atoms with Crippen LogP contribution in [0.5, 0.6) is 0 Å². The molecule has 1 aliphatic rings. The van der Waals surface area contributed by atoms with Crippen LogP contribution in [0.1, 0.15) is 26.3 Å². The minimum absolute atomic E-state index is 0.0774. The van der Waals surface area contributed by atoms with Crippen LogP contribution in [0.15, 0.2) is 23.2 Å². The van der Waals surface area contributed by atoms with Crippen molar-refractivity contribution in [1.82, 2.24) is 4.90 Å². The molecule has 24 heavy (non-hydrogen) atoms. The van der Waals surface area contributed by atoms with Crippen LogP contribution >= 0.6 is 11.6 Å². The minimum atomic E-state index is -0.635. The van der Waals surface area contributed by atoms with Gasteiger partial charge in [0.25, 0.3) is 0 Å². The van der Waals surface area contributed by atoms with Gasteiger partial charge in [-0.25, -0.2) is 9.79 Å². The van der Waals surface area contributed by atoms with Gasteiger partial charge in [0.05, 0.1) is 18.1 Å². The van der Waals surface area contributed by atoms with Gasteiger partial charge in [0.1, 0.15) is 18.0 Å². The molecule has 130 valence electrons. The van der Waals surface area contributed by atoms with E-state index in [9.17, 15) is 9.59 Å². The maximum Gasteiger partial charge on any atom is 0.411 e. The minimum Gasteiger partial charge on any atom is -0.444 e. The van der Waals surface area contributed by atoms with Crippen molar-refractivity contribution in [3.8, 4) is 0 Å². The second kappa shape index (κ2) is 7.09. The standard InChI is InChI=1S/C16H21ClN4O3/c1-16(2,3)24-15(23)21-8-10-6-11(19-13(18)7-17)4-5-12(10)20-14(22)9-21/h4-6H,7-9H2,1-3H3,(H2,18,19)(H,20,22). The quantitative estimate of drug-likeness (QED) is 0.485. The average Bonchev–Trinajstić information content (AvgIpc) is 2.63. The van der Waals surface area contributed by atoms with Crippen LogP contribution in [0.3, 0.4) is 0 Å². The van der Waals surface area contributed by atoms with Gasteiger partial charge in [-0.2, -0.15) is 0 Å². The zero-order valence-corrected chi connectivity index (χ0v) is 14.7. The maximum atomic E-state index is 12.3. The number of alkyl halides is 1. The fraction of sp³-hybridized carbons (Fsp3) is 0.438. The smallest absolute Gasteiger partial charge is 0.411 e. The number of amidine groups is 1. The number of carbonyl (C=O) groups is 2. The molecule has 3 N–H and O–H groups in total. The molecule has 1 aliphatic heterocycles. The van der Waals surface area contributed by atoms with E-state index in [-0.39, 0.29) is 24.9 Å². The number of ether oxygens (including phenoxy) is 1. The van der Waals surface area contributed by atoms with Crippen LogP contribution in [0.25, 0.3) is 0 Å². The molecular formula is C16H21ClN4O3. The molecule has 0 atom stereocenters. The summed E-state index contributed by atoms with van der Waals surface area (Å²) in [5.74, 6) is 0.132. The number of nitrogens with zero attached hydrogens (tertiary/aromatic N) is 2. The van der Waals surface area contributed by atoms with Crippen LogP contribution in [-0.4, -0.2) is 40.8 Å². The van der Waals surface area contributed by atoms with E-state index in [1.54, 1.807) is 39.0 Å². The summed E-state index contributed by atoms with van der Waals surface area (Å²) in [7, 11) is 0. The van der Waals surface area contributed by atoms with Gasteiger partial charge in [-0.05, 0) is 44.5 Å². The van der Waals surface area contributed by atoms with E-state index in [0.717, 1.165) is 5.56 Å². The Bertz CT molecular complexity index is 682. The molecule has 8 heteroatoms.